The van der Waals surface area contributed by atoms with Crippen LogP contribution in [-0.2, 0) is 14.8 Å². The van der Waals surface area contributed by atoms with Gasteiger partial charge in [-0.1, -0.05) is 13.3 Å². The Morgan fingerprint density at radius 1 is 1.29 bits per heavy atom. The molecule has 0 radical (unpaired) electrons. The Balaban J connectivity index is 2.21. The van der Waals surface area contributed by atoms with Crippen molar-refractivity contribution in [2.24, 2.45) is 11.1 Å². The molecule has 0 spiro atoms. The summed E-state index contributed by atoms with van der Waals surface area (Å²) in [6.07, 6.45) is 3.61. The molecule has 1 saturated carbocycles. The lowest BCUT2D eigenvalue weighted by atomic mass is 9.88. The summed E-state index contributed by atoms with van der Waals surface area (Å²) in [5.74, 6) is -1.32. The molecule has 0 bridgehead atoms. The van der Waals surface area contributed by atoms with Gasteiger partial charge in [-0.15, -0.1) is 0 Å². The Hall–Kier alpha value is -1.47. The van der Waals surface area contributed by atoms with Crippen LogP contribution in [0.1, 0.15) is 43.0 Å². The molecule has 0 amide bonds. The summed E-state index contributed by atoms with van der Waals surface area (Å²) in [4.78, 5) is 11.6. The van der Waals surface area contributed by atoms with Crippen molar-refractivity contribution < 1.29 is 22.3 Å². The number of nitrogens with two attached hydrogens (primary N) is 1. The van der Waals surface area contributed by atoms with Gasteiger partial charge in [0.15, 0.2) is 0 Å². The van der Waals surface area contributed by atoms with Gasteiger partial charge in [-0.25, -0.2) is 22.7 Å². The fourth-order valence-corrected chi connectivity index (χ4v) is 3.08. The van der Waals surface area contributed by atoms with Crippen molar-refractivity contribution in [3.8, 4) is 0 Å². The summed E-state index contributed by atoms with van der Waals surface area (Å²) >= 11 is 0. The summed E-state index contributed by atoms with van der Waals surface area (Å²) in [6.45, 7) is 2.00. The van der Waals surface area contributed by atoms with Crippen LogP contribution in [0, 0.1) is 11.7 Å². The van der Waals surface area contributed by atoms with Crippen molar-refractivity contribution in [2.75, 3.05) is 0 Å². The van der Waals surface area contributed by atoms with Crippen LogP contribution in [0.5, 0.6) is 0 Å². The minimum absolute atomic E-state index is 0.142. The van der Waals surface area contributed by atoms with E-state index in [1.54, 1.807) is 0 Å². The van der Waals surface area contributed by atoms with E-state index >= 15 is 0 Å². The van der Waals surface area contributed by atoms with E-state index in [-0.39, 0.29) is 17.6 Å². The highest BCUT2D eigenvalue weighted by Gasteiger charge is 2.26. The molecule has 5 nitrogen and oxygen atoms in total. The first-order valence-electron chi connectivity index (χ1n) is 6.82. The summed E-state index contributed by atoms with van der Waals surface area (Å²) in [6, 6.07) is 2.76. The molecule has 0 saturated heterocycles. The van der Waals surface area contributed by atoms with E-state index in [4.69, 9.17) is 9.88 Å². The Morgan fingerprint density at radius 2 is 1.95 bits per heavy atom. The Bertz CT molecular complexity index is 644. The first-order chi connectivity index (χ1) is 9.77. The maximum Gasteiger partial charge on any atom is 0.338 e. The van der Waals surface area contributed by atoms with Crippen LogP contribution in [-0.4, -0.2) is 20.5 Å². The second-order valence-electron chi connectivity index (χ2n) is 5.43. The van der Waals surface area contributed by atoms with Crippen LogP contribution in [0.2, 0.25) is 0 Å². The highest BCUT2D eigenvalue weighted by Crippen LogP contribution is 2.27. The fourth-order valence-electron chi connectivity index (χ4n) is 2.51. The normalized spacial score (nSPS) is 22.8. The zero-order valence-electron chi connectivity index (χ0n) is 11.7. The molecule has 0 aromatic heterocycles. The van der Waals surface area contributed by atoms with Crippen LogP contribution >= 0.6 is 0 Å². The van der Waals surface area contributed by atoms with Crippen molar-refractivity contribution in [1.82, 2.24) is 0 Å². The fraction of sp³-hybridized carbons (Fsp3) is 0.500. The van der Waals surface area contributed by atoms with Gasteiger partial charge < -0.3 is 4.74 Å². The molecule has 1 fully saturated rings. The number of carbonyl (C=O) groups is 1. The third-order valence-electron chi connectivity index (χ3n) is 3.73. The lowest BCUT2D eigenvalue weighted by Crippen LogP contribution is -2.28. The summed E-state index contributed by atoms with van der Waals surface area (Å²) in [5, 5.41) is 4.95. The Kier molecular flexibility index (Phi) is 4.63. The van der Waals surface area contributed by atoms with Gasteiger partial charge in [-0.3, -0.25) is 0 Å². The Morgan fingerprint density at radius 3 is 2.57 bits per heavy atom. The molecule has 0 heterocycles. The van der Waals surface area contributed by atoms with Gasteiger partial charge in [0.2, 0.25) is 10.0 Å². The molecule has 116 valence electrons. The summed E-state index contributed by atoms with van der Waals surface area (Å²) in [5.41, 5.74) is -0.142. The molecule has 2 atom stereocenters. The van der Waals surface area contributed by atoms with Gasteiger partial charge in [0.1, 0.15) is 11.9 Å². The van der Waals surface area contributed by atoms with Crippen molar-refractivity contribution in [3.05, 3.63) is 29.6 Å². The number of ether oxygens (including phenoxy) is 1. The van der Waals surface area contributed by atoms with Gasteiger partial charge in [0.05, 0.1) is 10.5 Å². The minimum Gasteiger partial charge on any atom is -0.458 e. The molecule has 1 aromatic carbocycles. The Labute approximate surface area is 123 Å². The van der Waals surface area contributed by atoms with Gasteiger partial charge in [0.25, 0.3) is 0 Å². The number of sulfonamides is 1. The number of primary sulfonamides is 1. The predicted molar refractivity (Wildman–Crippen MR) is 74.6 cm³/mol. The standard InChI is InChI=1S/C14H18FNO4S/c1-9-4-2-3-5-13(9)20-14(17)10-6-11(15)8-12(7-10)21(16,18)19/h6-9,13H,2-5H2,1H3,(H2,16,18,19). The maximum absolute atomic E-state index is 13.4. The number of halogens is 1. The molecule has 2 N–H and O–H groups in total. The first-order valence-corrected chi connectivity index (χ1v) is 8.36. The van der Waals surface area contributed by atoms with E-state index in [9.17, 15) is 17.6 Å². The number of carbonyl (C=O) groups excluding carboxylic acids is 1. The van der Waals surface area contributed by atoms with Crippen molar-refractivity contribution >= 4 is 16.0 Å². The van der Waals surface area contributed by atoms with E-state index in [0.717, 1.165) is 43.9 Å². The average Bonchev–Trinajstić information content (AvgIpc) is 2.39. The minimum atomic E-state index is -4.07. The maximum atomic E-state index is 13.4. The number of rotatable bonds is 3. The molecule has 21 heavy (non-hydrogen) atoms. The topological polar surface area (TPSA) is 86.5 Å². The molecule has 1 aliphatic rings. The highest BCUT2D eigenvalue weighted by atomic mass is 32.2. The molecule has 1 aromatic rings. The second-order valence-corrected chi connectivity index (χ2v) is 6.99. The predicted octanol–water partition coefficient (Wildman–Crippen LogP) is 2.21. The molecule has 2 unspecified atom stereocenters. The monoisotopic (exact) mass is 315 g/mol. The summed E-state index contributed by atoms with van der Waals surface area (Å²) < 4.78 is 41.3. The highest BCUT2D eigenvalue weighted by molar-refractivity contribution is 7.89. The van der Waals surface area contributed by atoms with Crippen molar-refractivity contribution in [2.45, 2.75) is 43.6 Å². The SMILES string of the molecule is CC1CCCCC1OC(=O)c1cc(F)cc(S(N)(=O)=O)c1. The van der Waals surface area contributed by atoms with E-state index in [1.165, 1.54) is 0 Å². The van der Waals surface area contributed by atoms with Gasteiger partial charge in [0, 0.05) is 0 Å². The molecular formula is C14H18FNO4S. The van der Waals surface area contributed by atoms with E-state index in [1.807, 2.05) is 6.92 Å². The smallest absolute Gasteiger partial charge is 0.338 e. The third kappa shape index (κ3) is 4.01. The number of benzene rings is 1. The van der Waals surface area contributed by atoms with E-state index in [2.05, 4.69) is 0 Å². The number of hydrogen-bond acceptors (Lipinski definition) is 4. The van der Waals surface area contributed by atoms with E-state index in [0.29, 0.717) is 0 Å². The van der Waals surface area contributed by atoms with Crippen molar-refractivity contribution in [1.29, 1.82) is 0 Å². The molecular weight excluding hydrogens is 297 g/mol. The largest absolute Gasteiger partial charge is 0.458 e. The quantitative estimate of drug-likeness (QED) is 0.866. The first kappa shape index (κ1) is 15.9. The molecule has 2 rings (SSSR count). The third-order valence-corrected chi connectivity index (χ3v) is 4.62. The van der Waals surface area contributed by atoms with Crippen LogP contribution in [0.3, 0.4) is 0 Å². The van der Waals surface area contributed by atoms with Gasteiger partial charge in [-0.2, -0.15) is 0 Å². The number of hydrogen-bond donors (Lipinski definition) is 1. The zero-order chi connectivity index (χ0) is 15.6. The van der Waals surface area contributed by atoms with E-state index < -0.39 is 26.7 Å². The lowest BCUT2D eigenvalue weighted by Gasteiger charge is -2.28. The van der Waals surface area contributed by atoms with Gasteiger partial charge >= 0.3 is 5.97 Å². The van der Waals surface area contributed by atoms with Crippen molar-refractivity contribution in [3.63, 3.8) is 0 Å². The molecule has 1 aliphatic carbocycles. The number of esters is 1. The van der Waals surface area contributed by atoms with Gasteiger partial charge in [-0.05, 0) is 43.4 Å². The van der Waals surface area contributed by atoms with Crippen LogP contribution in [0.15, 0.2) is 23.1 Å². The summed E-state index contributed by atoms with van der Waals surface area (Å²) in [7, 11) is -4.07. The molecule has 7 heteroatoms. The molecule has 0 aliphatic heterocycles. The van der Waals surface area contributed by atoms with Crippen LogP contribution < -0.4 is 5.14 Å². The zero-order valence-corrected chi connectivity index (χ0v) is 12.5. The van der Waals surface area contributed by atoms with Crippen LogP contribution in [0.25, 0.3) is 0 Å². The average molecular weight is 315 g/mol. The second kappa shape index (κ2) is 6.11. The lowest BCUT2D eigenvalue weighted by molar-refractivity contribution is 0.00474. The van der Waals surface area contributed by atoms with Crippen LogP contribution in [0.4, 0.5) is 4.39 Å².